The summed E-state index contributed by atoms with van der Waals surface area (Å²) in [5.41, 5.74) is 5.47. The zero-order valence-electron chi connectivity index (χ0n) is 22.8. The monoisotopic (exact) mass is 526 g/mol. The second-order valence-corrected chi connectivity index (χ2v) is 10.9. The lowest BCUT2D eigenvalue weighted by molar-refractivity contribution is 0.0789. The van der Waals surface area contributed by atoms with Gasteiger partial charge in [-0.2, -0.15) is 0 Å². The van der Waals surface area contributed by atoms with Gasteiger partial charge in [0.25, 0.3) is 5.91 Å². The third-order valence-corrected chi connectivity index (χ3v) is 8.36. The molecule has 7 nitrogen and oxygen atoms in total. The topological polar surface area (TPSA) is 58.1 Å². The summed E-state index contributed by atoms with van der Waals surface area (Å²) in [6, 6.07) is 16.9. The molecular weight excluding hydrogens is 488 g/mol. The van der Waals surface area contributed by atoms with Gasteiger partial charge in [0.1, 0.15) is 18.1 Å². The Bertz CT molecular complexity index is 1280. The van der Waals surface area contributed by atoms with Crippen molar-refractivity contribution < 1.29 is 14.3 Å². The van der Waals surface area contributed by atoms with E-state index in [0.29, 0.717) is 17.9 Å². The molecule has 0 radical (unpaired) electrons. The van der Waals surface area contributed by atoms with Gasteiger partial charge in [-0.3, -0.25) is 14.7 Å². The van der Waals surface area contributed by atoms with Crippen molar-refractivity contribution in [1.29, 1.82) is 0 Å². The molecule has 0 aliphatic carbocycles. The molecular formula is C32H38N4O3. The third kappa shape index (κ3) is 5.59. The fourth-order valence-electron chi connectivity index (χ4n) is 6.22. The molecule has 1 unspecified atom stereocenters. The number of ether oxygens (including phenoxy) is 2. The Morgan fingerprint density at radius 1 is 0.974 bits per heavy atom. The summed E-state index contributed by atoms with van der Waals surface area (Å²) in [7, 11) is 1.65. The highest BCUT2D eigenvalue weighted by Gasteiger charge is 2.31. The van der Waals surface area contributed by atoms with E-state index < -0.39 is 0 Å². The average Bonchev–Trinajstić information content (AvgIpc) is 3.76. The van der Waals surface area contributed by atoms with Crippen LogP contribution in [0.15, 0.2) is 60.9 Å². The number of methoxy groups -OCH3 is 1. The fourth-order valence-corrected chi connectivity index (χ4v) is 6.22. The summed E-state index contributed by atoms with van der Waals surface area (Å²) in [5.74, 6) is 1.63. The van der Waals surface area contributed by atoms with Crippen LogP contribution in [0, 0.1) is 0 Å². The predicted molar refractivity (Wildman–Crippen MR) is 153 cm³/mol. The average molecular weight is 527 g/mol. The summed E-state index contributed by atoms with van der Waals surface area (Å²) in [4.78, 5) is 24.3. The first-order valence-electron chi connectivity index (χ1n) is 14.3. The highest BCUT2D eigenvalue weighted by Crippen LogP contribution is 2.41. The second kappa shape index (κ2) is 11.7. The molecule has 3 aliphatic rings. The molecule has 7 heteroatoms. The van der Waals surface area contributed by atoms with E-state index in [2.05, 4.69) is 51.2 Å². The van der Waals surface area contributed by atoms with E-state index in [4.69, 9.17) is 9.47 Å². The Morgan fingerprint density at radius 2 is 1.74 bits per heavy atom. The van der Waals surface area contributed by atoms with Crippen molar-refractivity contribution in [2.45, 2.75) is 44.7 Å². The van der Waals surface area contributed by atoms with E-state index in [9.17, 15) is 4.79 Å². The number of likely N-dealkylation sites (tertiary alicyclic amines) is 2. The van der Waals surface area contributed by atoms with E-state index in [0.717, 1.165) is 56.8 Å². The van der Waals surface area contributed by atoms with Crippen LogP contribution in [0.25, 0.3) is 0 Å². The standard InChI is InChI=1S/C32H38N4O3/c1-38-31-20-24(6-11-28(31)32(37)35-16-4-5-17-35)23-36-29-12-13-33-22-26(29)21-30(36)25-7-9-27(10-8-25)39-19-18-34-14-2-3-15-34/h6-13,20,22,30H,2-5,14-19,21,23H2,1H3. The smallest absolute Gasteiger partial charge is 0.257 e. The van der Waals surface area contributed by atoms with Crippen molar-refractivity contribution in [3.63, 3.8) is 0 Å². The summed E-state index contributed by atoms with van der Waals surface area (Å²) < 4.78 is 11.7. The van der Waals surface area contributed by atoms with Crippen LogP contribution < -0.4 is 14.4 Å². The Morgan fingerprint density at radius 3 is 2.51 bits per heavy atom. The summed E-state index contributed by atoms with van der Waals surface area (Å²) >= 11 is 0. The minimum Gasteiger partial charge on any atom is -0.496 e. The Kier molecular flexibility index (Phi) is 7.68. The lowest BCUT2D eigenvalue weighted by Gasteiger charge is -2.28. The summed E-state index contributed by atoms with van der Waals surface area (Å²) in [6.45, 7) is 6.47. The van der Waals surface area contributed by atoms with E-state index in [1.165, 1.54) is 42.7 Å². The zero-order valence-corrected chi connectivity index (χ0v) is 22.8. The fraction of sp³-hybridized carbons (Fsp3) is 0.438. The van der Waals surface area contributed by atoms with Crippen molar-refractivity contribution in [1.82, 2.24) is 14.8 Å². The Labute approximate surface area is 231 Å². The maximum absolute atomic E-state index is 13.1. The van der Waals surface area contributed by atoms with Crippen molar-refractivity contribution in [3.05, 3.63) is 83.2 Å². The van der Waals surface area contributed by atoms with Gasteiger partial charge >= 0.3 is 0 Å². The lowest BCUT2D eigenvalue weighted by Crippen LogP contribution is -2.28. The molecule has 6 rings (SSSR count). The number of carbonyl (C=O) groups is 1. The normalized spacial score (nSPS) is 18.9. The van der Waals surface area contributed by atoms with Crippen LogP contribution >= 0.6 is 0 Å². The van der Waals surface area contributed by atoms with Crippen LogP contribution in [-0.2, 0) is 13.0 Å². The van der Waals surface area contributed by atoms with E-state index in [1.54, 1.807) is 7.11 Å². The number of amides is 1. The van der Waals surface area contributed by atoms with Crippen molar-refractivity contribution in [2.24, 2.45) is 0 Å². The molecule has 2 aromatic carbocycles. The number of rotatable bonds is 9. The molecule has 3 aliphatic heterocycles. The van der Waals surface area contributed by atoms with Gasteiger partial charge in [0.05, 0.1) is 18.7 Å². The molecule has 2 fully saturated rings. The number of aromatic nitrogens is 1. The van der Waals surface area contributed by atoms with Gasteiger partial charge in [0, 0.05) is 50.7 Å². The molecule has 3 aromatic rings. The van der Waals surface area contributed by atoms with Crippen LogP contribution in [0.1, 0.15) is 58.8 Å². The van der Waals surface area contributed by atoms with Gasteiger partial charge in [-0.25, -0.2) is 0 Å². The number of fused-ring (bicyclic) bond motifs is 1. The molecule has 0 spiro atoms. The second-order valence-electron chi connectivity index (χ2n) is 10.9. The SMILES string of the molecule is COc1cc(CN2c3ccncc3CC2c2ccc(OCCN3CCCC3)cc2)ccc1C(=O)N1CCCC1. The predicted octanol–water partition coefficient (Wildman–Crippen LogP) is 5.10. The molecule has 39 heavy (non-hydrogen) atoms. The minimum atomic E-state index is 0.0640. The first-order valence-corrected chi connectivity index (χ1v) is 14.3. The quantitative estimate of drug-likeness (QED) is 0.387. The summed E-state index contributed by atoms with van der Waals surface area (Å²) in [5, 5.41) is 0. The number of hydrogen-bond donors (Lipinski definition) is 0. The van der Waals surface area contributed by atoms with Gasteiger partial charge < -0.3 is 19.3 Å². The van der Waals surface area contributed by atoms with Crippen molar-refractivity contribution in [2.75, 3.05) is 51.3 Å². The van der Waals surface area contributed by atoms with Gasteiger partial charge in [0.15, 0.2) is 0 Å². The number of nitrogens with zero attached hydrogens (tertiary/aromatic N) is 4. The largest absolute Gasteiger partial charge is 0.496 e. The molecule has 4 heterocycles. The maximum Gasteiger partial charge on any atom is 0.257 e. The van der Waals surface area contributed by atoms with Gasteiger partial charge in [0.2, 0.25) is 0 Å². The molecule has 0 N–H and O–H groups in total. The van der Waals surface area contributed by atoms with Crippen LogP contribution in [0.3, 0.4) is 0 Å². The molecule has 1 atom stereocenters. The van der Waals surface area contributed by atoms with Crippen molar-refractivity contribution >= 4 is 11.6 Å². The van der Waals surface area contributed by atoms with E-state index in [-0.39, 0.29) is 11.9 Å². The van der Waals surface area contributed by atoms with E-state index >= 15 is 0 Å². The molecule has 0 saturated carbocycles. The molecule has 0 bridgehead atoms. The number of benzene rings is 2. The Balaban J connectivity index is 1.18. The number of pyridine rings is 1. The van der Waals surface area contributed by atoms with Gasteiger partial charge in [-0.05, 0) is 85.8 Å². The van der Waals surface area contributed by atoms with Gasteiger partial charge in [-0.1, -0.05) is 18.2 Å². The highest BCUT2D eigenvalue weighted by atomic mass is 16.5. The van der Waals surface area contributed by atoms with Crippen LogP contribution in [0.2, 0.25) is 0 Å². The van der Waals surface area contributed by atoms with Crippen LogP contribution in [0.4, 0.5) is 5.69 Å². The minimum absolute atomic E-state index is 0.0640. The molecule has 1 aromatic heterocycles. The first kappa shape index (κ1) is 25.7. The lowest BCUT2D eigenvalue weighted by atomic mass is 10.0. The van der Waals surface area contributed by atoms with Crippen molar-refractivity contribution in [3.8, 4) is 11.5 Å². The number of carbonyl (C=O) groups excluding carboxylic acids is 1. The first-order chi connectivity index (χ1) is 19.2. The highest BCUT2D eigenvalue weighted by molar-refractivity contribution is 5.97. The molecule has 2 saturated heterocycles. The maximum atomic E-state index is 13.1. The van der Waals surface area contributed by atoms with Gasteiger partial charge in [-0.15, -0.1) is 0 Å². The number of hydrogen-bond acceptors (Lipinski definition) is 6. The van der Waals surface area contributed by atoms with Crippen LogP contribution in [-0.4, -0.2) is 67.1 Å². The summed E-state index contributed by atoms with van der Waals surface area (Å²) in [6.07, 6.45) is 9.50. The van der Waals surface area contributed by atoms with Crippen LogP contribution in [0.5, 0.6) is 11.5 Å². The Hall–Kier alpha value is -3.58. The molecule has 1 amide bonds. The third-order valence-electron chi connectivity index (χ3n) is 8.36. The van der Waals surface area contributed by atoms with E-state index in [1.807, 2.05) is 29.4 Å². The number of anilines is 1. The zero-order chi connectivity index (χ0) is 26.6. The molecule has 204 valence electrons.